The van der Waals surface area contributed by atoms with Gasteiger partial charge in [-0.2, -0.15) is 0 Å². The summed E-state index contributed by atoms with van der Waals surface area (Å²) in [5.41, 5.74) is 4.24. The van der Waals surface area contributed by atoms with Crippen molar-refractivity contribution in [1.29, 1.82) is 0 Å². The molecule has 1 aliphatic rings. The fraction of sp³-hybridized carbons (Fsp3) is 0.462. The number of amides is 1. The van der Waals surface area contributed by atoms with Gasteiger partial charge in [-0.05, 0) is 36.5 Å². The van der Waals surface area contributed by atoms with E-state index in [-0.39, 0.29) is 5.91 Å². The topological polar surface area (TPSA) is 32.3 Å². The van der Waals surface area contributed by atoms with Crippen molar-refractivity contribution in [3.05, 3.63) is 34.3 Å². The fourth-order valence-corrected chi connectivity index (χ4v) is 2.72. The van der Waals surface area contributed by atoms with Gasteiger partial charge < -0.3 is 0 Å². The number of carbonyl (C=O) groups is 1. The summed E-state index contributed by atoms with van der Waals surface area (Å²) in [6, 6.07) is 8.51. The molecule has 1 aromatic carbocycles. The molecule has 1 fully saturated rings. The summed E-state index contributed by atoms with van der Waals surface area (Å²) >= 11 is 3.51. The highest BCUT2D eigenvalue weighted by atomic mass is 79.9. The average molecular weight is 297 g/mol. The molecule has 3 nitrogen and oxygen atoms in total. The SMILES string of the molecule is CC(=O)NN1CCC(c2cccc(Br)c2)CC1. The molecule has 2 rings (SSSR count). The van der Waals surface area contributed by atoms with Crippen LogP contribution < -0.4 is 5.43 Å². The van der Waals surface area contributed by atoms with Gasteiger partial charge in [0.15, 0.2) is 0 Å². The summed E-state index contributed by atoms with van der Waals surface area (Å²) in [4.78, 5) is 10.9. The van der Waals surface area contributed by atoms with Crippen LogP contribution in [0, 0.1) is 0 Å². The number of hydrogen-bond acceptors (Lipinski definition) is 2. The van der Waals surface area contributed by atoms with Crippen LogP contribution in [0.3, 0.4) is 0 Å². The van der Waals surface area contributed by atoms with Crippen LogP contribution in [0.5, 0.6) is 0 Å². The Morgan fingerprint density at radius 2 is 2.12 bits per heavy atom. The minimum absolute atomic E-state index is 0.0194. The molecule has 92 valence electrons. The number of carbonyl (C=O) groups excluding carboxylic acids is 1. The Morgan fingerprint density at radius 3 is 2.71 bits per heavy atom. The molecule has 0 spiro atoms. The molecule has 0 aliphatic carbocycles. The molecule has 1 heterocycles. The van der Waals surface area contributed by atoms with Crippen molar-refractivity contribution < 1.29 is 4.79 Å². The van der Waals surface area contributed by atoms with E-state index in [9.17, 15) is 4.79 Å². The van der Waals surface area contributed by atoms with Crippen LogP contribution >= 0.6 is 15.9 Å². The van der Waals surface area contributed by atoms with E-state index in [0.29, 0.717) is 5.92 Å². The van der Waals surface area contributed by atoms with E-state index in [4.69, 9.17) is 0 Å². The maximum atomic E-state index is 10.9. The molecule has 0 atom stereocenters. The summed E-state index contributed by atoms with van der Waals surface area (Å²) in [6.45, 7) is 3.41. The quantitative estimate of drug-likeness (QED) is 0.910. The predicted octanol–water partition coefficient (Wildman–Crippen LogP) is 2.68. The Balaban J connectivity index is 1.93. The zero-order chi connectivity index (χ0) is 12.3. The summed E-state index contributed by atoms with van der Waals surface area (Å²) in [6.07, 6.45) is 2.19. The predicted molar refractivity (Wildman–Crippen MR) is 71.5 cm³/mol. The monoisotopic (exact) mass is 296 g/mol. The lowest BCUT2D eigenvalue weighted by atomic mass is 9.90. The molecule has 4 heteroatoms. The third kappa shape index (κ3) is 3.54. The first kappa shape index (κ1) is 12.6. The molecule has 0 aromatic heterocycles. The van der Waals surface area contributed by atoms with Crippen LogP contribution in [0.1, 0.15) is 31.2 Å². The minimum atomic E-state index is 0.0194. The first-order valence-corrected chi connectivity index (χ1v) is 6.72. The number of benzene rings is 1. The fourth-order valence-electron chi connectivity index (χ4n) is 2.31. The molecule has 1 N–H and O–H groups in total. The van der Waals surface area contributed by atoms with Gasteiger partial charge in [0.25, 0.3) is 0 Å². The molecule has 1 amide bonds. The number of hydrogen-bond donors (Lipinski definition) is 1. The summed E-state index contributed by atoms with van der Waals surface area (Å²) < 4.78 is 1.14. The molecular weight excluding hydrogens is 280 g/mol. The first-order valence-electron chi connectivity index (χ1n) is 5.93. The summed E-state index contributed by atoms with van der Waals surface area (Å²) in [5.74, 6) is 0.628. The molecule has 0 unspecified atom stereocenters. The second kappa shape index (κ2) is 5.65. The molecule has 1 aliphatic heterocycles. The maximum Gasteiger partial charge on any atom is 0.231 e. The largest absolute Gasteiger partial charge is 0.289 e. The highest BCUT2D eigenvalue weighted by Gasteiger charge is 2.20. The van der Waals surface area contributed by atoms with E-state index in [1.54, 1.807) is 6.92 Å². The van der Waals surface area contributed by atoms with Gasteiger partial charge in [-0.15, -0.1) is 0 Å². The molecule has 17 heavy (non-hydrogen) atoms. The molecule has 1 aromatic rings. The van der Waals surface area contributed by atoms with E-state index in [1.807, 2.05) is 5.01 Å². The minimum Gasteiger partial charge on any atom is -0.289 e. The van der Waals surface area contributed by atoms with E-state index < -0.39 is 0 Å². The van der Waals surface area contributed by atoms with Crippen LogP contribution in [-0.2, 0) is 4.79 Å². The number of hydrazine groups is 1. The highest BCUT2D eigenvalue weighted by molar-refractivity contribution is 9.10. The van der Waals surface area contributed by atoms with Gasteiger partial charge in [0, 0.05) is 24.5 Å². The number of rotatable bonds is 2. The number of halogens is 1. The lowest BCUT2D eigenvalue weighted by molar-refractivity contribution is -0.124. The Bertz CT molecular complexity index is 400. The smallest absolute Gasteiger partial charge is 0.231 e. The normalized spacial score (nSPS) is 18.0. The average Bonchev–Trinajstić information content (AvgIpc) is 2.29. The van der Waals surface area contributed by atoms with Crippen molar-refractivity contribution >= 4 is 21.8 Å². The molecule has 0 radical (unpaired) electrons. The van der Waals surface area contributed by atoms with Gasteiger partial charge in [-0.3, -0.25) is 10.2 Å². The second-order valence-electron chi connectivity index (χ2n) is 4.48. The van der Waals surface area contributed by atoms with Crippen molar-refractivity contribution in [2.75, 3.05) is 13.1 Å². The van der Waals surface area contributed by atoms with Crippen LogP contribution in [0.25, 0.3) is 0 Å². The Labute approximate surface area is 110 Å². The van der Waals surface area contributed by atoms with Gasteiger partial charge in [0.1, 0.15) is 0 Å². The van der Waals surface area contributed by atoms with Gasteiger partial charge in [-0.25, -0.2) is 5.01 Å². The maximum absolute atomic E-state index is 10.9. The third-order valence-electron chi connectivity index (χ3n) is 3.13. The van der Waals surface area contributed by atoms with Crippen molar-refractivity contribution in [1.82, 2.24) is 10.4 Å². The van der Waals surface area contributed by atoms with E-state index in [1.165, 1.54) is 5.56 Å². The van der Waals surface area contributed by atoms with Crippen molar-refractivity contribution in [3.8, 4) is 0 Å². The van der Waals surface area contributed by atoms with Gasteiger partial charge in [-0.1, -0.05) is 28.1 Å². The molecule has 0 saturated carbocycles. The first-order chi connectivity index (χ1) is 8.15. The van der Waals surface area contributed by atoms with Gasteiger partial charge >= 0.3 is 0 Å². The Kier molecular flexibility index (Phi) is 4.18. The Morgan fingerprint density at radius 1 is 1.41 bits per heavy atom. The van der Waals surface area contributed by atoms with Crippen molar-refractivity contribution in [3.63, 3.8) is 0 Å². The van der Waals surface area contributed by atoms with Crippen LogP contribution in [0.15, 0.2) is 28.7 Å². The number of nitrogens with one attached hydrogen (secondary N) is 1. The van der Waals surface area contributed by atoms with E-state index in [2.05, 4.69) is 45.6 Å². The van der Waals surface area contributed by atoms with Crippen molar-refractivity contribution in [2.24, 2.45) is 0 Å². The summed E-state index contributed by atoms with van der Waals surface area (Å²) in [5, 5.41) is 2.01. The van der Waals surface area contributed by atoms with Gasteiger partial charge in [0.2, 0.25) is 5.91 Å². The lowest BCUT2D eigenvalue weighted by Crippen LogP contribution is -2.45. The van der Waals surface area contributed by atoms with E-state index in [0.717, 1.165) is 30.4 Å². The van der Waals surface area contributed by atoms with Crippen LogP contribution in [0.4, 0.5) is 0 Å². The van der Waals surface area contributed by atoms with Crippen LogP contribution in [0.2, 0.25) is 0 Å². The third-order valence-corrected chi connectivity index (χ3v) is 3.62. The van der Waals surface area contributed by atoms with Crippen LogP contribution in [-0.4, -0.2) is 24.0 Å². The molecule has 1 saturated heterocycles. The van der Waals surface area contributed by atoms with E-state index >= 15 is 0 Å². The summed E-state index contributed by atoms with van der Waals surface area (Å²) in [7, 11) is 0. The Hall–Kier alpha value is -0.870. The lowest BCUT2D eigenvalue weighted by Gasteiger charge is -2.31. The van der Waals surface area contributed by atoms with Gasteiger partial charge in [0.05, 0.1) is 0 Å². The van der Waals surface area contributed by atoms with Crippen molar-refractivity contribution in [2.45, 2.75) is 25.7 Å². The molecular formula is C13H17BrN2O. The second-order valence-corrected chi connectivity index (χ2v) is 5.40. The molecule has 0 bridgehead atoms. The number of piperidine rings is 1. The zero-order valence-corrected chi connectivity index (χ0v) is 11.5. The standard InChI is InChI=1S/C13H17BrN2O/c1-10(17)15-16-7-5-11(6-8-16)12-3-2-4-13(14)9-12/h2-4,9,11H,5-8H2,1H3,(H,15,17). The number of nitrogens with zero attached hydrogens (tertiary/aromatic N) is 1. The zero-order valence-electron chi connectivity index (χ0n) is 9.95. The highest BCUT2D eigenvalue weighted by Crippen LogP contribution is 2.28.